The molecule has 0 saturated heterocycles. The quantitative estimate of drug-likeness (QED) is 0.624. The van der Waals surface area contributed by atoms with Crippen molar-refractivity contribution in [3.8, 4) is 0 Å². The van der Waals surface area contributed by atoms with Gasteiger partial charge in [0.25, 0.3) is 0 Å². The number of benzene rings is 1. The Morgan fingerprint density at radius 2 is 2.45 bits per heavy atom. The number of hydrogen-bond acceptors (Lipinski definition) is 1. The summed E-state index contributed by atoms with van der Waals surface area (Å²) in [4.78, 5) is 10.2. The first-order valence-corrected chi connectivity index (χ1v) is 2.93. The molecule has 0 aliphatic rings. The van der Waals surface area contributed by atoms with Gasteiger partial charge in [-0.15, -0.1) is 0 Å². The maximum atomic E-state index is 12.6. The highest BCUT2D eigenvalue weighted by atomic mass is 19.1. The summed E-state index contributed by atoms with van der Waals surface area (Å²) in [5.74, 6) is -0.550. The summed E-state index contributed by atoms with van der Waals surface area (Å²) in [6.07, 6.45) is 0. The number of primary amides is 1. The molecule has 1 aromatic rings. The predicted molar refractivity (Wildman–Crippen MR) is 38.4 cm³/mol. The maximum absolute atomic E-state index is 12.6. The second-order valence-electron chi connectivity index (χ2n) is 1.88. The highest BCUT2D eigenvalue weighted by Gasteiger charge is 2.00. The average Bonchev–Trinajstić information content (AvgIpc) is 1.93. The van der Waals surface area contributed by atoms with Crippen LogP contribution < -0.4 is 11.1 Å². The van der Waals surface area contributed by atoms with Crippen molar-refractivity contribution in [3.63, 3.8) is 0 Å². The fourth-order valence-electron chi connectivity index (χ4n) is 0.635. The lowest BCUT2D eigenvalue weighted by Crippen LogP contribution is -2.19. The zero-order valence-electron chi connectivity index (χ0n) is 5.60. The first-order valence-electron chi connectivity index (χ1n) is 2.93. The summed E-state index contributed by atoms with van der Waals surface area (Å²) in [5.41, 5.74) is 4.73. The van der Waals surface area contributed by atoms with Gasteiger partial charge >= 0.3 is 6.03 Å². The molecule has 0 heterocycles. The Morgan fingerprint density at radius 3 is 3.00 bits per heavy atom. The SMILES string of the molecule is NC(=O)Nc1[c]cccc1F. The molecular weight excluding hydrogens is 147 g/mol. The van der Waals surface area contributed by atoms with Gasteiger partial charge in [-0.1, -0.05) is 12.1 Å². The first-order chi connectivity index (χ1) is 5.20. The summed E-state index contributed by atoms with van der Waals surface area (Å²) in [5, 5.41) is 2.08. The molecule has 0 unspecified atom stereocenters. The second kappa shape index (κ2) is 3.01. The molecular formula is C7H6FN2O. The van der Waals surface area contributed by atoms with Gasteiger partial charge in [0.15, 0.2) is 0 Å². The zero-order chi connectivity index (χ0) is 8.27. The molecule has 1 radical (unpaired) electrons. The van der Waals surface area contributed by atoms with E-state index in [0.29, 0.717) is 0 Å². The highest BCUT2D eigenvalue weighted by molar-refractivity contribution is 5.87. The summed E-state index contributed by atoms with van der Waals surface area (Å²) in [7, 11) is 0. The minimum absolute atomic E-state index is 0.0278. The number of halogens is 1. The van der Waals surface area contributed by atoms with Crippen LogP contribution >= 0.6 is 0 Å². The van der Waals surface area contributed by atoms with E-state index in [9.17, 15) is 9.18 Å². The number of urea groups is 1. The molecule has 0 bridgehead atoms. The van der Waals surface area contributed by atoms with Crippen molar-refractivity contribution < 1.29 is 9.18 Å². The fourth-order valence-corrected chi connectivity index (χ4v) is 0.635. The lowest BCUT2D eigenvalue weighted by atomic mass is 10.3. The van der Waals surface area contributed by atoms with Crippen LogP contribution in [-0.2, 0) is 0 Å². The Balaban J connectivity index is 2.86. The lowest BCUT2D eigenvalue weighted by molar-refractivity contribution is 0.259. The molecule has 1 rings (SSSR count). The van der Waals surface area contributed by atoms with Crippen molar-refractivity contribution in [2.24, 2.45) is 5.73 Å². The number of carbonyl (C=O) groups excluding carboxylic acids is 1. The van der Waals surface area contributed by atoms with Crippen LogP contribution in [0, 0.1) is 11.9 Å². The second-order valence-corrected chi connectivity index (χ2v) is 1.88. The molecule has 2 amide bonds. The lowest BCUT2D eigenvalue weighted by Gasteiger charge is -2.00. The molecule has 0 aliphatic heterocycles. The average molecular weight is 153 g/mol. The van der Waals surface area contributed by atoms with Crippen LogP contribution in [0.15, 0.2) is 18.2 Å². The van der Waals surface area contributed by atoms with Gasteiger partial charge in [-0.25, -0.2) is 9.18 Å². The van der Waals surface area contributed by atoms with E-state index in [1.807, 2.05) is 0 Å². The number of para-hydroxylation sites is 1. The fraction of sp³-hybridized carbons (Fsp3) is 0. The van der Waals surface area contributed by atoms with Crippen molar-refractivity contribution in [2.75, 3.05) is 5.32 Å². The number of amides is 2. The van der Waals surface area contributed by atoms with Gasteiger partial charge in [-0.2, -0.15) is 0 Å². The van der Waals surface area contributed by atoms with E-state index in [1.165, 1.54) is 18.2 Å². The Hall–Kier alpha value is -1.58. The number of anilines is 1. The Kier molecular flexibility index (Phi) is 2.06. The van der Waals surface area contributed by atoms with E-state index in [1.54, 1.807) is 0 Å². The third kappa shape index (κ3) is 1.93. The topological polar surface area (TPSA) is 55.1 Å². The van der Waals surface area contributed by atoms with Crippen LogP contribution in [0.4, 0.5) is 14.9 Å². The van der Waals surface area contributed by atoms with Gasteiger partial charge in [0.05, 0.1) is 5.69 Å². The molecule has 57 valence electrons. The summed E-state index contributed by atoms with van der Waals surface area (Å²) < 4.78 is 12.6. The van der Waals surface area contributed by atoms with E-state index < -0.39 is 11.8 Å². The van der Waals surface area contributed by atoms with Gasteiger partial charge in [-0.05, 0) is 6.07 Å². The Morgan fingerprint density at radius 1 is 1.73 bits per heavy atom. The van der Waals surface area contributed by atoms with Crippen LogP contribution in [-0.4, -0.2) is 6.03 Å². The molecule has 1 aromatic carbocycles. The van der Waals surface area contributed by atoms with E-state index in [4.69, 9.17) is 5.73 Å². The minimum Gasteiger partial charge on any atom is -0.351 e. The van der Waals surface area contributed by atoms with Gasteiger partial charge < -0.3 is 11.1 Å². The monoisotopic (exact) mass is 153 g/mol. The van der Waals surface area contributed by atoms with E-state index in [0.717, 1.165) is 0 Å². The maximum Gasteiger partial charge on any atom is 0.316 e. The van der Waals surface area contributed by atoms with Crippen molar-refractivity contribution >= 4 is 11.7 Å². The number of nitrogens with one attached hydrogen (secondary N) is 1. The molecule has 3 N–H and O–H groups in total. The normalized spacial score (nSPS) is 9.18. The van der Waals surface area contributed by atoms with Gasteiger partial charge in [-0.3, -0.25) is 0 Å². The van der Waals surface area contributed by atoms with Gasteiger partial charge in [0.1, 0.15) is 5.82 Å². The molecule has 11 heavy (non-hydrogen) atoms. The summed E-state index contributed by atoms with van der Waals surface area (Å²) >= 11 is 0. The third-order valence-electron chi connectivity index (χ3n) is 1.05. The molecule has 4 heteroatoms. The van der Waals surface area contributed by atoms with Crippen LogP contribution in [0.3, 0.4) is 0 Å². The molecule has 0 spiro atoms. The Bertz CT molecular complexity index is 275. The smallest absolute Gasteiger partial charge is 0.316 e. The molecule has 3 nitrogen and oxygen atoms in total. The molecule has 0 aromatic heterocycles. The van der Waals surface area contributed by atoms with Crippen molar-refractivity contribution in [3.05, 3.63) is 30.1 Å². The zero-order valence-corrected chi connectivity index (χ0v) is 5.60. The Labute approximate surface area is 63.0 Å². The first kappa shape index (κ1) is 7.53. The van der Waals surface area contributed by atoms with Gasteiger partial charge in [0.2, 0.25) is 0 Å². The van der Waals surface area contributed by atoms with Crippen molar-refractivity contribution in [1.29, 1.82) is 0 Å². The predicted octanol–water partition coefficient (Wildman–Crippen LogP) is 1.12. The van der Waals surface area contributed by atoms with E-state index in [-0.39, 0.29) is 5.69 Å². The molecule has 0 saturated carbocycles. The highest BCUT2D eigenvalue weighted by Crippen LogP contribution is 2.10. The number of rotatable bonds is 1. The van der Waals surface area contributed by atoms with Crippen LogP contribution in [0.1, 0.15) is 0 Å². The standard InChI is InChI=1S/C7H6FN2O/c8-5-3-1-2-4-6(5)10-7(9)11/h1-3H,(H3,9,10,11). The molecule has 0 atom stereocenters. The van der Waals surface area contributed by atoms with Crippen molar-refractivity contribution in [1.82, 2.24) is 0 Å². The number of carbonyl (C=O) groups is 1. The molecule has 0 aliphatic carbocycles. The van der Waals surface area contributed by atoms with E-state index >= 15 is 0 Å². The largest absolute Gasteiger partial charge is 0.351 e. The van der Waals surface area contributed by atoms with Gasteiger partial charge in [0, 0.05) is 6.07 Å². The van der Waals surface area contributed by atoms with Crippen LogP contribution in [0.2, 0.25) is 0 Å². The summed E-state index contributed by atoms with van der Waals surface area (Å²) in [6, 6.07) is 5.85. The van der Waals surface area contributed by atoms with Crippen molar-refractivity contribution in [2.45, 2.75) is 0 Å². The minimum atomic E-state index is -0.800. The third-order valence-corrected chi connectivity index (χ3v) is 1.05. The summed E-state index contributed by atoms with van der Waals surface area (Å²) in [6.45, 7) is 0. The molecule has 0 fully saturated rings. The van der Waals surface area contributed by atoms with Crippen LogP contribution in [0.5, 0.6) is 0 Å². The van der Waals surface area contributed by atoms with E-state index in [2.05, 4.69) is 11.4 Å². The number of hydrogen-bond donors (Lipinski definition) is 2. The van der Waals surface area contributed by atoms with Crippen LogP contribution in [0.25, 0.3) is 0 Å². The number of nitrogens with two attached hydrogens (primary N) is 1.